The van der Waals surface area contributed by atoms with E-state index in [0.29, 0.717) is 11.3 Å². The minimum absolute atomic E-state index is 0.660. The molecule has 3 rings (SSSR count). The molecule has 0 spiro atoms. The Morgan fingerprint density at radius 2 is 1.57 bits per heavy atom. The summed E-state index contributed by atoms with van der Waals surface area (Å²) < 4.78 is 12.0. The van der Waals surface area contributed by atoms with Crippen molar-refractivity contribution in [3.63, 3.8) is 0 Å². The van der Waals surface area contributed by atoms with Crippen LogP contribution < -0.4 is 10.1 Å². The van der Waals surface area contributed by atoms with Gasteiger partial charge in [-0.25, -0.2) is 4.84 Å². The van der Waals surface area contributed by atoms with Gasteiger partial charge in [0, 0.05) is 30.3 Å². The Morgan fingerprint density at radius 1 is 0.964 bits per heavy atom. The molecule has 1 saturated heterocycles. The van der Waals surface area contributed by atoms with Crippen LogP contribution in [0, 0.1) is 11.8 Å². The van der Waals surface area contributed by atoms with Gasteiger partial charge >= 0.3 is 0 Å². The maximum Gasteiger partial charge on any atom is 0.132 e. The molecule has 1 heterocycles. The van der Waals surface area contributed by atoms with Gasteiger partial charge in [0.25, 0.3) is 0 Å². The molecular weight excluding hydrogens is 352 g/mol. The Balaban J connectivity index is 1.46. The fourth-order valence-corrected chi connectivity index (χ4v) is 3.21. The van der Waals surface area contributed by atoms with Gasteiger partial charge in [0.2, 0.25) is 0 Å². The van der Waals surface area contributed by atoms with Crippen LogP contribution in [0.2, 0.25) is 0 Å². The molecule has 2 aromatic carbocycles. The smallest absolute Gasteiger partial charge is 0.132 e. The van der Waals surface area contributed by atoms with Gasteiger partial charge in [-0.05, 0) is 48.5 Å². The van der Waals surface area contributed by atoms with Crippen LogP contribution in [0.5, 0.6) is 5.75 Å². The first kappa shape index (κ1) is 20.2. The zero-order valence-electron chi connectivity index (χ0n) is 16.7. The highest BCUT2D eigenvalue weighted by atomic mass is 16.7. The summed E-state index contributed by atoms with van der Waals surface area (Å²) in [5, 5.41) is 3.10. The van der Waals surface area contributed by atoms with Crippen molar-refractivity contribution in [3.8, 4) is 17.6 Å². The van der Waals surface area contributed by atoms with Crippen molar-refractivity contribution in [1.29, 1.82) is 0 Å². The van der Waals surface area contributed by atoms with E-state index in [0.717, 1.165) is 61.8 Å². The average Bonchev–Trinajstić information content (AvgIpc) is 2.77. The average molecular weight is 381 g/mol. The van der Waals surface area contributed by atoms with E-state index >= 15 is 0 Å². The van der Waals surface area contributed by atoms with E-state index in [1.54, 1.807) is 7.11 Å². The van der Waals surface area contributed by atoms with E-state index < -0.39 is 0 Å². The fourth-order valence-electron chi connectivity index (χ4n) is 3.21. The Morgan fingerprint density at radius 3 is 2.14 bits per heavy atom. The van der Waals surface area contributed by atoms with E-state index in [1.165, 1.54) is 0 Å². The maximum atomic E-state index is 5.88. The first-order chi connectivity index (χ1) is 13.7. The van der Waals surface area contributed by atoms with Crippen molar-refractivity contribution in [1.82, 2.24) is 0 Å². The SMILES string of the molecule is CNc1ccc(C#Cc2ccc(OCCC[N+]3(OC)CCOCC3)cc2)cc1. The maximum absolute atomic E-state index is 5.88. The fraction of sp³-hybridized carbons (Fsp3) is 0.391. The lowest BCUT2D eigenvalue weighted by Crippen LogP contribution is -2.54. The molecule has 0 radical (unpaired) electrons. The quantitative estimate of drug-likeness (QED) is 0.454. The molecule has 0 aromatic heterocycles. The van der Waals surface area contributed by atoms with Crippen LogP contribution in [0.4, 0.5) is 5.69 Å². The lowest BCUT2D eigenvalue weighted by molar-refractivity contribution is -1.11. The predicted molar refractivity (Wildman–Crippen MR) is 111 cm³/mol. The minimum Gasteiger partial charge on any atom is -0.493 e. The van der Waals surface area contributed by atoms with Gasteiger partial charge in [0.05, 0.1) is 26.9 Å². The van der Waals surface area contributed by atoms with E-state index in [1.807, 2.05) is 55.6 Å². The molecule has 5 nitrogen and oxygen atoms in total. The lowest BCUT2D eigenvalue weighted by atomic mass is 10.1. The molecule has 1 aliphatic heterocycles. The number of morpholine rings is 1. The van der Waals surface area contributed by atoms with E-state index in [-0.39, 0.29) is 0 Å². The molecule has 0 saturated carbocycles. The minimum atomic E-state index is 0.660. The molecule has 1 aliphatic rings. The molecule has 28 heavy (non-hydrogen) atoms. The van der Waals surface area contributed by atoms with Crippen LogP contribution in [0.15, 0.2) is 48.5 Å². The van der Waals surface area contributed by atoms with E-state index in [2.05, 4.69) is 17.2 Å². The predicted octanol–water partition coefficient (Wildman–Crippen LogP) is 3.31. The zero-order valence-corrected chi connectivity index (χ0v) is 16.7. The Hall–Kier alpha value is -2.52. The number of hydroxylamine groups is 3. The summed E-state index contributed by atoms with van der Waals surface area (Å²) in [5.74, 6) is 7.25. The Labute approximate surface area is 167 Å². The van der Waals surface area contributed by atoms with Crippen LogP contribution in [-0.4, -0.2) is 58.3 Å². The van der Waals surface area contributed by atoms with Crippen LogP contribution >= 0.6 is 0 Å². The molecule has 2 aromatic rings. The summed E-state index contributed by atoms with van der Waals surface area (Å²) in [6.07, 6.45) is 0.942. The van der Waals surface area contributed by atoms with Gasteiger partial charge in [-0.15, -0.1) is 0 Å². The molecule has 1 N–H and O–H groups in total. The first-order valence-electron chi connectivity index (χ1n) is 9.75. The van der Waals surface area contributed by atoms with Gasteiger partial charge in [-0.2, -0.15) is 4.65 Å². The highest BCUT2D eigenvalue weighted by Crippen LogP contribution is 2.15. The zero-order chi connectivity index (χ0) is 19.7. The molecule has 0 unspecified atom stereocenters. The Kier molecular flexibility index (Phi) is 7.32. The largest absolute Gasteiger partial charge is 0.493 e. The van der Waals surface area contributed by atoms with Gasteiger partial charge in [-0.3, -0.25) is 0 Å². The third kappa shape index (κ3) is 5.74. The van der Waals surface area contributed by atoms with Crippen molar-refractivity contribution in [2.24, 2.45) is 0 Å². The van der Waals surface area contributed by atoms with Crippen molar-refractivity contribution in [3.05, 3.63) is 59.7 Å². The third-order valence-corrected chi connectivity index (χ3v) is 5.03. The highest BCUT2D eigenvalue weighted by Gasteiger charge is 2.30. The van der Waals surface area contributed by atoms with Gasteiger partial charge in [-0.1, -0.05) is 11.8 Å². The molecule has 148 valence electrons. The van der Waals surface area contributed by atoms with Crippen LogP contribution in [0.25, 0.3) is 0 Å². The number of ether oxygens (including phenoxy) is 2. The Bertz CT molecular complexity index is 785. The second-order valence-corrected chi connectivity index (χ2v) is 6.83. The number of hydrogen-bond acceptors (Lipinski definition) is 4. The number of benzene rings is 2. The first-order valence-corrected chi connectivity index (χ1v) is 9.75. The van der Waals surface area contributed by atoms with Gasteiger partial charge in [0.1, 0.15) is 25.4 Å². The van der Waals surface area contributed by atoms with Gasteiger partial charge in [0.15, 0.2) is 0 Å². The molecule has 1 fully saturated rings. The second-order valence-electron chi connectivity index (χ2n) is 6.83. The summed E-state index contributed by atoms with van der Waals surface area (Å²) >= 11 is 0. The summed E-state index contributed by atoms with van der Waals surface area (Å²) in [6, 6.07) is 16.0. The normalized spacial score (nSPS) is 15.4. The van der Waals surface area contributed by atoms with E-state index in [9.17, 15) is 0 Å². The summed E-state index contributed by atoms with van der Waals surface area (Å²) in [5.41, 5.74) is 3.05. The number of quaternary nitrogens is 1. The van der Waals surface area contributed by atoms with E-state index in [4.69, 9.17) is 14.3 Å². The number of nitrogens with one attached hydrogen (secondary N) is 1. The highest BCUT2D eigenvalue weighted by molar-refractivity contribution is 5.50. The number of nitrogens with zero attached hydrogens (tertiary/aromatic N) is 1. The number of hydrogen-bond donors (Lipinski definition) is 1. The molecule has 0 aliphatic carbocycles. The summed E-state index contributed by atoms with van der Waals surface area (Å²) in [7, 11) is 3.69. The molecule has 0 atom stereocenters. The van der Waals surface area contributed by atoms with Crippen LogP contribution in [0.1, 0.15) is 17.5 Å². The van der Waals surface area contributed by atoms with Crippen molar-refractivity contribution >= 4 is 5.69 Å². The number of anilines is 1. The van der Waals surface area contributed by atoms with Crippen LogP contribution in [0.3, 0.4) is 0 Å². The standard InChI is InChI=1S/C23H29N2O3/c1-24-22-10-6-20(7-11-22)4-5-21-8-12-23(13-9-21)28-17-3-14-25(26-2)15-18-27-19-16-25/h6-13,24H,3,14-19H2,1-2H3/q+1. The number of rotatable bonds is 7. The summed E-state index contributed by atoms with van der Waals surface area (Å²) in [6.45, 7) is 4.94. The van der Waals surface area contributed by atoms with Crippen molar-refractivity contribution < 1.29 is 19.0 Å². The molecule has 0 bridgehead atoms. The lowest BCUT2D eigenvalue weighted by Gasteiger charge is -2.36. The van der Waals surface area contributed by atoms with Gasteiger partial charge < -0.3 is 14.8 Å². The topological polar surface area (TPSA) is 39.7 Å². The van der Waals surface area contributed by atoms with Crippen molar-refractivity contribution in [2.45, 2.75) is 6.42 Å². The molecule has 0 amide bonds. The molecule has 5 heteroatoms. The van der Waals surface area contributed by atoms with Crippen LogP contribution in [-0.2, 0) is 9.57 Å². The monoisotopic (exact) mass is 381 g/mol. The molecular formula is C23H29N2O3+. The third-order valence-electron chi connectivity index (χ3n) is 5.03. The van der Waals surface area contributed by atoms with Crippen molar-refractivity contribution in [2.75, 3.05) is 58.9 Å². The second kappa shape index (κ2) is 10.1. The summed E-state index contributed by atoms with van der Waals surface area (Å²) in [4.78, 5) is 5.71.